The molecule has 0 spiro atoms. The van der Waals surface area contributed by atoms with E-state index in [4.69, 9.17) is 0 Å². The van der Waals surface area contributed by atoms with Crippen LogP contribution in [0.2, 0.25) is 0 Å². The molecule has 2 heteroatoms. The van der Waals surface area contributed by atoms with Gasteiger partial charge in [-0.25, -0.2) is 0 Å². The van der Waals surface area contributed by atoms with Crippen LogP contribution in [-0.4, -0.2) is 17.4 Å². The molecule has 0 aliphatic carbocycles. The average Bonchev–Trinajstić information content (AvgIpc) is 2.17. The Morgan fingerprint density at radius 2 is 1.40 bits per heavy atom. The van der Waals surface area contributed by atoms with Gasteiger partial charge in [0.25, 0.3) is 0 Å². The second kappa shape index (κ2) is 10.4. The monoisotopic (exact) mass is 215 g/mol. The van der Waals surface area contributed by atoms with E-state index in [0.717, 1.165) is 0 Å². The lowest BCUT2D eigenvalue weighted by molar-refractivity contribution is 0.134. The zero-order valence-electron chi connectivity index (χ0n) is 10.8. The van der Waals surface area contributed by atoms with Crippen LogP contribution in [0.25, 0.3) is 0 Å². The number of nitrogens with one attached hydrogen (secondary N) is 1. The highest BCUT2D eigenvalue weighted by Gasteiger charge is 2.09. The summed E-state index contributed by atoms with van der Waals surface area (Å²) >= 11 is 0. The van der Waals surface area contributed by atoms with Gasteiger partial charge >= 0.3 is 0 Å². The second-order valence-electron chi connectivity index (χ2n) is 4.53. The van der Waals surface area contributed by atoms with Crippen LogP contribution in [0.3, 0.4) is 0 Å². The van der Waals surface area contributed by atoms with Crippen molar-refractivity contribution < 1.29 is 5.11 Å². The fraction of sp³-hybridized carbons (Fsp3) is 1.00. The third kappa shape index (κ3) is 10.2. The van der Waals surface area contributed by atoms with Crippen molar-refractivity contribution in [1.82, 2.24) is 5.32 Å². The number of rotatable bonds is 10. The van der Waals surface area contributed by atoms with Crippen LogP contribution in [0, 0.1) is 0 Å². The molecule has 0 amide bonds. The molecule has 2 nitrogen and oxygen atoms in total. The fourth-order valence-corrected chi connectivity index (χ4v) is 1.93. The number of aliphatic hydroxyl groups is 1. The summed E-state index contributed by atoms with van der Waals surface area (Å²) in [6.45, 7) is 6.27. The molecule has 2 N–H and O–H groups in total. The van der Waals surface area contributed by atoms with E-state index in [1.807, 2.05) is 6.92 Å². The Morgan fingerprint density at radius 3 is 1.73 bits per heavy atom. The number of hydrogen-bond acceptors (Lipinski definition) is 2. The topological polar surface area (TPSA) is 32.3 Å². The molecule has 0 fully saturated rings. The highest BCUT2D eigenvalue weighted by Crippen LogP contribution is 2.11. The summed E-state index contributed by atoms with van der Waals surface area (Å²) in [6, 6.07) is 0.517. The molecule has 15 heavy (non-hydrogen) atoms. The van der Waals surface area contributed by atoms with Crippen molar-refractivity contribution in [3.05, 3.63) is 0 Å². The van der Waals surface area contributed by atoms with Gasteiger partial charge in [-0.2, -0.15) is 0 Å². The highest BCUT2D eigenvalue weighted by molar-refractivity contribution is 4.67. The van der Waals surface area contributed by atoms with Crippen molar-refractivity contribution in [2.24, 2.45) is 0 Å². The molecule has 0 rings (SSSR count). The number of hydrogen-bond donors (Lipinski definition) is 2. The summed E-state index contributed by atoms with van der Waals surface area (Å²) in [5, 5.41) is 12.6. The van der Waals surface area contributed by atoms with E-state index in [1.165, 1.54) is 51.4 Å². The molecule has 0 saturated heterocycles. The zero-order valence-corrected chi connectivity index (χ0v) is 10.8. The van der Waals surface area contributed by atoms with Crippen LogP contribution >= 0.6 is 0 Å². The Kier molecular flexibility index (Phi) is 10.4. The van der Waals surface area contributed by atoms with E-state index in [-0.39, 0.29) is 6.23 Å². The Morgan fingerprint density at radius 1 is 0.933 bits per heavy atom. The molecule has 0 saturated carbocycles. The largest absolute Gasteiger partial charge is 0.379 e. The number of unbranched alkanes of at least 4 members (excludes halogenated alkanes) is 4. The Bertz CT molecular complexity index is 116. The molecular weight excluding hydrogens is 186 g/mol. The predicted octanol–water partition coefficient (Wildman–Crippen LogP) is 3.44. The molecule has 1 atom stereocenters. The van der Waals surface area contributed by atoms with E-state index >= 15 is 0 Å². The van der Waals surface area contributed by atoms with Gasteiger partial charge < -0.3 is 5.11 Å². The van der Waals surface area contributed by atoms with Gasteiger partial charge in [-0.3, -0.25) is 5.32 Å². The third-order valence-electron chi connectivity index (χ3n) is 2.79. The molecule has 0 heterocycles. The summed E-state index contributed by atoms with van der Waals surface area (Å²) in [7, 11) is 0. The maximum Gasteiger partial charge on any atom is 0.102 e. The molecule has 0 aliphatic rings. The first-order valence-electron chi connectivity index (χ1n) is 6.64. The minimum Gasteiger partial charge on any atom is -0.379 e. The lowest BCUT2D eigenvalue weighted by Crippen LogP contribution is -2.36. The van der Waals surface area contributed by atoms with Crippen molar-refractivity contribution in [3.8, 4) is 0 Å². The van der Waals surface area contributed by atoms with Crippen LogP contribution in [-0.2, 0) is 0 Å². The molecule has 0 aromatic heterocycles. The van der Waals surface area contributed by atoms with Crippen LogP contribution in [0.4, 0.5) is 0 Å². The van der Waals surface area contributed by atoms with E-state index in [2.05, 4.69) is 19.2 Å². The molecule has 92 valence electrons. The Balaban J connectivity index is 3.63. The quantitative estimate of drug-likeness (QED) is 0.432. The van der Waals surface area contributed by atoms with Crippen molar-refractivity contribution >= 4 is 0 Å². The predicted molar refractivity (Wildman–Crippen MR) is 66.9 cm³/mol. The highest BCUT2D eigenvalue weighted by atomic mass is 16.3. The lowest BCUT2D eigenvalue weighted by atomic mass is 10.0. The van der Waals surface area contributed by atoms with Gasteiger partial charge in [0.2, 0.25) is 0 Å². The minimum absolute atomic E-state index is 0.363. The van der Waals surface area contributed by atoms with Crippen LogP contribution in [0.5, 0.6) is 0 Å². The van der Waals surface area contributed by atoms with Crippen molar-refractivity contribution in [2.45, 2.75) is 84.4 Å². The normalized spacial score (nSPS) is 13.4. The zero-order chi connectivity index (χ0) is 11.5. The lowest BCUT2D eigenvalue weighted by Gasteiger charge is -2.20. The summed E-state index contributed by atoms with van der Waals surface area (Å²) in [5.74, 6) is 0. The fourth-order valence-electron chi connectivity index (χ4n) is 1.93. The van der Waals surface area contributed by atoms with Gasteiger partial charge in [-0.1, -0.05) is 52.4 Å². The summed E-state index contributed by atoms with van der Waals surface area (Å²) in [4.78, 5) is 0. The van der Waals surface area contributed by atoms with E-state index in [1.54, 1.807) is 0 Å². The van der Waals surface area contributed by atoms with Gasteiger partial charge in [0.05, 0.1) is 0 Å². The van der Waals surface area contributed by atoms with E-state index in [9.17, 15) is 5.11 Å². The maximum atomic E-state index is 9.32. The van der Waals surface area contributed by atoms with E-state index < -0.39 is 0 Å². The minimum atomic E-state index is -0.363. The standard InChI is InChI=1S/C13H29NO/c1-4-6-8-10-13(14-12(3)15)11-9-7-5-2/h12-15H,4-11H2,1-3H3. The van der Waals surface area contributed by atoms with Crippen LogP contribution in [0.1, 0.15) is 72.1 Å². The molecule has 1 unspecified atom stereocenters. The Labute approximate surface area is 95.5 Å². The van der Waals surface area contributed by atoms with Crippen LogP contribution in [0.15, 0.2) is 0 Å². The van der Waals surface area contributed by atoms with Crippen molar-refractivity contribution in [2.75, 3.05) is 0 Å². The van der Waals surface area contributed by atoms with Gasteiger partial charge in [0, 0.05) is 6.04 Å². The van der Waals surface area contributed by atoms with E-state index in [0.29, 0.717) is 6.04 Å². The molecule has 0 radical (unpaired) electrons. The summed E-state index contributed by atoms with van der Waals surface area (Å²) < 4.78 is 0. The first kappa shape index (κ1) is 14.9. The SMILES string of the molecule is CCCCCC(CCCCC)NC(C)O. The first-order chi connectivity index (χ1) is 7.20. The second-order valence-corrected chi connectivity index (χ2v) is 4.53. The first-order valence-corrected chi connectivity index (χ1v) is 6.64. The van der Waals surface area contributed by atoms with Gasteiger partial charge in [-0.15, -0.1) is 0 Å². The molecular formula is C13H29NO. The summed E-state index contributed by atoms with van der Waals surface area (Å²) in [5.41, 5.74) is 0. The van der Waals surface area contributed by atoms with Crippen molar-refractivity contribution in [1.29, 1.82) is 0 Å². The average molecular weight is 215 g/mol. The molecule has 0 aromatic rings. The summed E-state index contributed by atoms with van der Waals surface area (Å²) in [6.07, 6.45) is 9.80. The smallest absolute Gasteiger partial charge is 0.102 e. The molecule has 0 aliphatic heterocycles. The van der Waals surface area contributed by atoms with Crippen LogP contribution < -0.4 is 5.32 Å². The molecule has 0 bridgehead atoms. The number of aliphatic hydroxyl groups excluding tert-OH is 1. The molecule has 0 aromatic carbocycles. The van der Waals surface area contributed by atoms with Gasteiger partial charge in [0.1, 0.15) is 6.23 Å². The maximum absolute atomic E-state index is 9.32. The van der Waals surface area contributed by atoms with Crippen molar-refractivity contribution in [3.63, 3.8) is 0 Å². The Hall–Kier alpha value is -0.0800. The van der Waals surface area contributed by atoms with Gasteiger partial charge in [-0.05, 0) is 19.8 Å². The van der Waals surface area contributed by atoms with Gasteiger partial charge in [0.15, 0.2) is 0 Å². The third-order valence-corrected chi connectivity index (χ3v) is 2.79.